The zero-order valence-electron chi connectivity index (χ0n) is 4.98. The number of nitrogens with zero attached hydrogens (tertiary/aromatic N) is 1. The van der Waals surface area contributed by atoms with E-state index in [-0.39, 0.29) is 20.7 Å². The van der Waals surface area contributed by atoms with Gasteiger partial charge in [-0.25, -0.2) is 0 Å². The van der Waals surface area contributed by atoms with Crippen molar-refractivity contribution in [1.82, 2.24) is 0 Å². The first-order chi connectivity index (χ1) is 3.79. The van der Waals surface area contributed by atoms with Gasteiger partial charge < -0.3 is 0 Å². The minimum Gasteiger partial charge on any atom is -0.255 e. The van der Waals surface area contributed by atoms with Gasteiger partial charge in [-0.2, -0.15) is 0 Å². The molecule has 1 heterocycles. The zero-order valence-corrected chi connectivity index (χ0v) is 7.14. The van der Waals surface area contributed by atoms with Crippen LogP contribution in [0.3, 0.4) is 0 Å². The summed E-state index contributed by atoms with van der Waals surface area (Å²) in [6.45, 7) is 4.18. The predicted octanol–water partition coefficient (Wildman–Crippen LogP) is 2.10. The average molecular weight is 221 g/mol. The van der Waals surface area contributed by atoms with Gasteiger partial charge in [0.25, 0.3) is 0 Å². The Kier molecular flexibility index (Phi) is 1.94. The molecule has 8 heavy (non-hydrogen) atoms. The summed E-state index contributed by atoms with van der Waals surface area (Å²) in [5, 5.41) is 0. The maximum absolute atomic E-state index is 4.18. The molecular formula is C6H8IN. The molecular weight excluding hydrogens is 213 g/mol. The van der Waals surface area contributed by atoms with Crippen LogP contribution in [-0.2, 0) is 0 Å². The minimum atomic E-state index is 0.168. The molecule has 0 atom stereocenters. The monoisotopic (exact) mass is 221 g/mol. The van der Waals surface area contributed by atoms with Crippen molar-refractivity contribution in [3.63, 3.8) is 0 Å². The lowest BCUT2D eigenvalue weighted by Crippen LogP contribution is -1.83. The van der Waals surface area contributed by atoms with E-state index in [2.05, 4.69) is 22.9 Å². The summed E-state index contributed by atoms with van der Waals surface area (Å²) >= 11 is 0.168. The van der Waals surface area contributed by atoms with Gasteiger partial charge in [0.15, 0.2) is 0 Å². The Morgan fingerprint density at radius 3 is 2.62 bits per heavy atom. The van der Waals surface area contributed by atoms with Crippen molar-refractivity contribution in [2.45, 2.75) is 13.8 Å². The van der Waals surface area contributed by atoms with Crippen molar-refractivity contribution in [3.05, 3.63) is 11.8 Å². The van der Waals surface area contributed by atoms with E-state index >= 15 is 0 Å². The van der Waals surface area contributed by atoms with Gasteiger partial charge in [-0.1, -0.05) is 20.7 Å². The minimum absolute atomic E-state index is 0.168. The van der Waals surface area contributed by atoms with Crippen molar-refractivity contribution >= 4 is 28.5 Å². The van der Waals surface area contributed by atoms with Crippen LogP contribution in [0, 0.1) is 0 Å². The number of rotatable bonds is 0. The third-order valence-corrected chi connectivity index (χ3v) is 3.30. The molecule has 1 aliphatic heterocycles. The lowest BCUT2D eigenvalue weighted by atomic mass is 10.4. The summed E-state index contributed by atoms with van der Waals surface area (Å²) in [6.07, 6.45) is 1.93. The molecule has 44 valence electrons. The molecule has 0 saturated carbocycles. The smallest absolute Gasteiger partial charge is 0.0698 e. The Labute approximate surface area is 59.3 Å². The fourth-order valence-corrected chi connectivity index (χ4v) is 1.81. The van der Waals surface area contributed by atoms with Crippen molar-refractivity contribution in [2.75, 3.05) is 0 Å². The van der Waals surface area contributed by atoms with Crippen LogP contribution in [0.15, 0.2) is 16.8 Å². The molecule has 0 spiro atoms. The first-order valence-electron chi connectivity index (χ1n) is 2.47. The van der Waals surface area contributed by atoms with Crippen LogP contribution in [0.2, 0.25) is 0 Å². The highest BCUT2D eigenvalue weighted by molar-refractivity contribution is 14.2. The fraction of sp³-hybridized carbons (Fsp3) is 0.333. The Bertz CT molecular complexity index is 157. The third kappa shape index (κ3) is 1.51. The first-order valence-corrected chi connectivity index (χ1v) is 4.79. The Balaban J connectivity index is 2.86. The van der Waals surface area contributed by atoms with E-state index in [1.807, 2.05) is 6.20 Å². The van der Waals surface area contributed by atoms with Crippen LogP contribution in [0.5, 0.6) is 0 Å². The largest absolute Gasteiger partial charge is 0.255 e. The number of halogens is 1. The van der Waals surface area contributed by atoms with E-state index in [0.29, 0.717) is 0 Å². The van der Waals surface area contributed by atoms with Crippen molar-refractivity contribution in [3.8, 4) is 0 Å². The van der Waals surface area contributed by atoms with Gasteiger partial charge in [-0.05, 0) is 23.4 Å². The summed E-state index contributed by atoms with van der Waals surface area (Å²) in [5.41, 5.74) is 1.32. The summed E-state index contributed by atoms with van der Waals surface area (Å²) in [5.74, 6) is 0. The first kappa shape index (κ1) is 6.13. The van der Waals surface area contributed by atoms with Crippen LogP contribution in [0.1, 0.15) is 13.8 Å². The molecule has 1 aliphatic rings. The fourth-order valence-electron chi connectivity index (χ4n) is 0.412. The van der Waals surface area contributed by atoms with Crippen molar-refractivity contribution < 1.29 is 0 Å². The van der Waals surface area contributed by atoms with E-state index < -0.39 is 0 Å². The second kappa shape index (κ2) is 2.53. The van der Waals surface area contributed by atoms with Crippen molar-refractivity contribution in [2.24, 2.45) is 4.99 Å². The summed E-state index contributed by atoms with van der Waals surface area (Å²) in [6, 6.07) is 0. The molecule has 2 heteroatoms. The molecule has 1 nitrogen and oxygen atoms in total. The van der Waals surface area contributed by atoms with Gasteiger partial charge in [0.2, 0.25) is 0 Å². The zero-order chi connectivity index (χ0) is 5.98. The molecule has 0 aromatic carbocycles. The molecule has 0 radical (unpaired) electrons. The highest BCUT2D eigenvalue weighted by Gasteiger charge is 1.88. The number of hydrogen-bond donors (Lipinski definition) is 0. The summed E-state index contributed by atoms with van der Waals surface area (Å²) < 4.78 is 3.61. The summed E-state index contributed by atoms with van der Waals surface area (Å²) in [4.78, 5) is 4.18. The lowest BCUT2D eigenvalue weighted by Gasteiger charge is -1.94. The average Bonchev–Trinajstić information content (AvgIpc) is 1.77. The molecule has 0 fully saturated rings. The van der Waals surface area contributed by atoms with E-state index in [4.69, 9.17) is 0 Å². The van der Waals surface area contributed by atoms with Gasteiger partial charge in [0.1, 0.15) is 0 Å². The highest BCUT2D eigenvalue weighted by atomic mass is 127. The van der Waals surface area contributed by atoms with Crippen LogP contribution in [0.4, 0.5) is 0 Å². The van der Waals surface area contributed by atoms with Gasteiger partial charge in [-0.15, -0.1) is 0 Å². The van der Waals surface area contributed by atoms with Gasteiger partial charge in [0.05, 0.1) is 3.72 Å². The second-order valence-corrected chi connectivity index (χ2v) is 4.52. The van der Waals surface area contributed by atoms with Gasteiger partial charge in [-0.3, -0.25) is 4.99 Å². The Hall–Kier alpha value is 0.01000. The Morgan fingerprint density at radius 1 is 1.50 bits per heavy atom. The second-order valence-electron chi connectivity index (χ2n) is 1.72. The molecule has 0 aromatic rings. The number of allylic oxidation sites excluding steroid dienone is 1. The van der Waals surface area contributed by atoms with Crippen LogP contribution >= 0.6 is 20.7 Å². The standard InChI is InChI=1S/C6H8IN/c1-5-3-7-6(2)8-4-5/h3-4H,1-2H3. The van der Waals surface area contributed by atoms with E-state index in [0.717, 1.165) is 0 Å². The molecule has 0 aliphatic carbocycles. The quantitative estimate of drug-likeness (QED) is 0.555. The van der Waals surface area contributed by atoms with Crippen LogP contribution in [-0.4, -0.2) is 7.73 Å². The molecule has 0 saturated heterocycles. The van der Waals surface area contributed by atoms with E-state index in [1.54, 1.807) is 0 Å². The SMILES string of the molecule is CC1=CN=C(C)I=C1. The van der Waals surface area contributed by atoms with E-state index in [1.165, 1.54) is 9.29 Å². The van der Waals surface area contributed by atoms with E-state index in [9.17, 15) is 0 Å². The number of aliphatic imine (C=N–C) groups is 1. The normalized spacial score (nSPS) is 18.8. The summed E-state index contributed by atoms with van der Waals surface area (Å²) in [7, 11) is 0. The molecule has 0 aromatic heterocycles. The van der Waals surface area contributed by atoms with Gasteiger partial charge >= 0.3 is 0 Å². The molecule has 0 N–H and O–H groups in total. The topological polar surface area (TPSA) is 12.4 Å². The third-order valence-electron chi connectivity index (χ3n) is 0.831. The van der Waals surface area contributed by atoms with Crippen LogP contribution in [0.25, 0.3) is 0 Å². The molecule has 0 amide bonds. The molecule has 0 unspecified atom stereocenters. The molecule has 1 rings (SSSR count). The van der Waals surface area contributed by atoms with Crippen molar-refractivity contribution in [1.29, 1.82) is 0 Å². The van der Waals surface area contributed by atoms with Gasteiger partial charge in [0, 0.05) is 6.20 Å². The predicted molar refractivity (Wildman–Crippen MR) is 47.0 cm³/mol. The highest BCUT2D eigenvalue weighted by Crippen LogP contribution is 2.08. The van der Waals surface area contributed by atoms with Crippen LogP contribution < -0.4 is 0 Å². The lowest BCUT2D eigenvalue weighted by molar-refractivity contribution is 1.49. The maximum atomic E-state index is 4.18. The Morgan fingerprint density at radius 2 is 2.25 bits per heavy atom. The maximum Gasteiger partial charge on any atom is 0.0698 e. The number of hydrogen-bond acceptors (Lipinski definition) is 1. The molecule has 0 bridgehead atoms.